The van der Waals surface area contributed by atoms with E-state index in [9.17, 15) is 8.42 Å². The number of aromatic nitrogens is 1. The van der Waals surface area contributed by atoms with Crippen LogP contribution in [0.25, 0.3) is 0 Å². The molecule has 0 amide bonds. The highest BCUT2D eigenvalue weighted by atomic mass is 32.2. The quantitative estimate of drug-likeness (QED) is 0.869. The van der Waals surface area contributed by atoms with Gasteiger partial charge in [-0.2, -0.15) is 0 Å². The van der Waals surface area contributed by atoms with E-state index in [2.05, 4.69) is 9.71 Å². The third-order valence-corrected chi connectivity index (χ3v) is 7.06. The number of hydrogen-bond acceptors (Lipinski definition) is 5. The zero-order valence-corrected chi connectivity index (χ0v) is 13.7. The molecule has 1 aliphatic carbocycles. The molecule has 1 unspecified atom stereocenters. The zero-order chi connectivity index (χ0) is 14.8. The predicted molar refractivity (Wildman–Crippen MR) is 81.3 cm³/mol. The van der Waals surface area contributed by atoms with E-state index in [0.717, 1.165) is 17.8 Å². The van der Waals surface area contributed by atoms with Crippen LogP contribution in [-0.2, 0) is 10.0 Å². The average molecular weight is 317 g/mol. The first-order valence-electron chi connectivity index (χ1n) is 7.10. The molecule has 114 valence electrons. The Bertz CT molecular complexity index is 548. The van der Waals surface area contributed by atoms with Crippen LogP contribution in [0.4, 0.5) is 0 Å². The highest BCUT2D eigenvalue weighted by Gasteiger charge is 2.29. The molecular formula is C13H23N3O2S2. The van der Waals surface area contributed by atoms with E-state index in [1.807, 2.05) is 6.92 Å². The first-order chi connectivity index (χ1) is 9.44. The van der Waals surface area contributed by atoms with Gasteiger partial charge >= 0.3 is 0 Å². The molecule has 20 heavy (non-hydrogen) atoms. The molecule has 0 bridgehead atoms. The van der Waals surface area contributed by atoms with E-state index in [1.54, 1.807) is 6.92 Å². The van der Waals surface area contributed by atoms with E-state index < -0.39 is 10.0 Å². The van der Waals surface area contributed by atoms with Gasteiger partial charge in [-0.3, -0.25) is 0 Å². The molecular weight excluding hydrogens is 294 g/mol. The first kappa shape index (κ1) is 15.9. The molecule has 1 aliphatic rings. The van der Waals surface area contributed by atoms with E-state index >= 15 is 0 Å². The Morgan fingerprint density at radius 3 is 2.50 bits per heavy atom. The van der Waals surface area contributed by atoms with Crippen LogP contribution in [0.2, 0.25) is 0 Å². The summed E-state index contributed by atoms with van der Waals surface area (Å²) in [6.45, 7) is 3.90. The maximum atomic E-state index is 12.5. The molecule has 1 heterocycles. The van der Waals surface area contributed by atoms with Gasteiger partial charge in [-0.15, -0.1) is 11.3 Å². The average Bonchev–Trinajstić information content (AvgIpc) is 2.77. The fourth-order valence-corrected chi connectivity index (χ4v) is 5.71. The standard InChI is InChI=1S/C13H23N3O2S2/c1-9-13(19-10(2)15-9)20(17,18)16-12(8-14)11-6-4-3-5-7-11/h11-12,16H,3-8,14H2,1-2H3. The summed E-state index contributed by atoms with van der Waals surface area (Å²) in [5.74, 6) is 0.359. The summed E-state index contributed by atoms with van der Waals surface area (Å²) in [5.41, 5.74) is 6.36. The number of rotatable bonds is 5. The number of nitrogens with one attached hydrogen (secondary N) is 1. The number of aryl methyl sites for hydroxylation is 2. The largest absolute Gasteiger partial charge is 0.329 e. The fraction of sp³-hybridized carbons (Fsp3) is 0.769. The van der Waals surface area contributed by atoms with Crippen molar-refractivity contribution in [2.45, 2.75) is 56.2 Å². The van der Waals surface area contributed by atoms with Crippen molar-refractivity contribution >= 4 is 21.4 Å². The van der Waals surface area contributed by atoms with Gasteiger partial charge in [0.15, 0.2) is 4.21 Å². The van der Waals surface area contributed by atoms with Gasteiger partial charge < -0.3 is 5.73 Å². The van der Waals surface area contributed by atoms with Crippen LogP contribution >= 0.6 is 11.3 Å². The number of hydrogen-bond donors (Lipinski definition) is 2. The minimum Gasteiger partial charge on any atom is -0.329 e. The molecule has 2 rings (SSSR count). The van der Waals surface area contributed by atoms with Crippen molar-refractivity contribution in [3.8, 4) is 0 Å². The van der Waals surface area contributed by atoms with E-state index in [1.165, 1.54) is 30.6 Å². The van der Waals surface area contributed by atoms with Gasteiger partial charge in [0.1, 0.15) is 0 Å². The van der Waals surface area contributed by atoms with Gasteiger partial charge in [-0.05, 0) is 32.6 Å². The van der Waals surface area contributed by atoms with Gasteiger partial charge in [0, 0.05) is 12.6 Å². The van der Waals surface area contributed by atoms with E-state index in [4.69, 9.17) is 5.73 Å². The van der Waals surface area contributed by atoms with Crippen LogP contribution in [0, 0.1) is 19.8 Å². The summed E-state index contributed by atoms with van der Waals surface area (Å²) >= 11 is 1.22. The molecule has 0 radical (unpaired) electrons. The Hall–Kier alpha value is -0.500. The van der Waals surface area contributed by atoms with Crippen molar-refractivity contribution in [2.24, 2.45) is 11.7 Å². The molecule has 1 aromatic heterocycles. The molecule has 5 nitrogen and oxygen atoms in total. The second kappa shape index (κ2) is 6.51. The van der Waals surface area contributed by atoms with Crippen molar-refractivity contribution in [1.29, 1.82) is 0 Å². The summed E-state index contributed by atoms with van der Waals surface area (Å²) in [7, 11) is -3.50. The number of nitrogens with zero attached hydrogens (tertiary/aromatic N) is 1. The van der Waals surface area contributed by atoms with Crippen LogP contribution in [0.15, 0.2) is 4.21 Å². The van der Waals surface area contributed by atoms with Crippen molar-refractivity contribution in [2.75, 3.05) is 6.54 Å². The van der Waals surface area contributed by atoms with Gasteiger partial charge in [0.05, 0.1) is 10.7 Å². The predicted octanol–water partition coefficient (Wildman–Crippen LogP) is 1.95. The SMILES string of the molecule is Cc1nc(C)c(S(=O)(=O)NC(CN)C2CCCCC2)s1. The Labute approximate surface area is 125 Å². The first-order valence-corrected chi connectivity index (χ1v) is 9.40. The van der Waals surface area contributed by atoms with Gasteiger partial charge in [-0.1, -0.05) is 19.3 Å². The van der Waals surface area contributed by atoms with Gasteiger partial charge in [-0.25, -0.2) is 18.1 Å². The van der Waals surface area contributed by atoms with Gasteiger partial charge in [0.25, 0.3) is 10.0 Å². The normalized spacial score (nSPS) is 19.1. The molecule has 1 atom stereocenters. The van der Waals surface area contributed by atoms with E-state index in [0.29, 0.717) is 22.4 Å². The lowest BCUT2D eigenvalue weighted by molar-refractivity contribution is 0.294. The van der Waals surface area contributed by atoms with Crippen LogP contribution in [-0.4, -0.2) is 26.0 Å². The van der Waals surface area contributed by atoms with Crippen LogP contribution in [0.5, 0.6) is 0 Å². The molecule has 0 saturated heterocycles. The fourth-order valence-electron chi connectivity index (χ4n) is 2.89. The van der Waals surface area contributed by atoms with Crippen molar-refractivity contribution in [3.63, 3.8) is 0 Å². The number of thiazole rings is 1. The van der Waals surface area contributed by atoms with Crippen LogP contribution in [0.1, 0.15) is 42.8 Å². The van der Waals surface area contributed by atoms with E-state index in [-0.39, 0.29) is 6.04 Å². The third kappa shape index (κ3) is 3.58. The molecule has 3 N–H and O–H groups in total. The molecule has 1 fully saturated rings. The third-order valence-electron chi connectivity index (χ3n) is 3.88. The lowest BCUT2D eigenvalue weighted by atomic mass is 9.84. The molecule has 1 saturated carbocycles. The maximum absolute atomic E-state index is 12.5. The van der Waals surface area contributed by atoms with Crippen molar-refractivity contribution in [3.05, 3.63) is 10.7 Å². The summed E-state index contributed by atoms with van der Waals surface area (Å²) in [6, 6.07) is -0.165. The molecule has 0 aliphatic heterocycles. The van der Waals surface area contributed by atoms with Crippen LogP contribution < -0.4 is 10.5 Å². The summed E-state index contributed by atoms with van der Waals surface area (Å²) in [5, 5.41) is 0.768. The smallest absolute Gasteiger partial charge is 0.252 e. The lowest BCUT2D eigenvalue weighted by Gasteiger charge is -2.29. The Morgan fingerprint density at radius 2 is 2.00 bits per heavy atom. The molecule has 0 spiro atoms. The maximum Gasteiger partial charge on any atom is 0.252 e. The zero-order valence-electron chi connectivity index (χ0n) is 12.1. The highest BCUT2D eigenvalue weighted by molar-refractivity contribution is 7.91. The summed E-state index contributed by atoms with van der Waals surface area (Å²) in [6.07, 6.45) is 5.70. The minimum absolute atomic E-state index is 0.165. The second-order valence-corrected chi connectivity index (χ2v) is 8.58. The van der Waals surface area contributed by atoms with Crippen LogP contribution in [0.3, 0.4) is 0 Å². The summed E-state index contributed by atoms with van der Waals surface area (Å²) in [4.78, 5) is 4.19. The van der Waals surface area contributed by atoms with Crippen molar-refractivity contribution < 1.29 is 8.42 Å². The summed E-state index contributed by atoms with van der Waals surface area (Å²) < 4.78 is 28.1. The minimum atomic E-state index is -3.50. The lowest BCUT2D eigenvalue weighted by Crippen LogP contribution is -2.45. The number of sulfonamides is 1. The Kier molecular flexibility index (Phi) is 5.17. The highest BCUT2D eigenvalue weighted by Crippen LogP contribution is 2.28. The monoisotopic (exact) mass is 317 g/mol. The number of nitrogens with two attached hydrogens (primary N) is 1. The topological polar surface area (TPSA) is 85.1 Å². The molecule has 0 aromatic carbocycles. The molecule has 1 aromatic rings. The Morgan fingerprint density at radius 1 is 1.35 bits per heavy atom. The Balaban J connectivity index is 2.15. The van der Waals surface area contributed by atoms with Gasteiger partial charge in [0.2, 0.25) is 0 Å². The van der Waals surface area contributed by atoms with Crippen molar-refractivity contribution in [1.82, 2.24) is 9.71 Å². The second-order valence-electron chi connectivity index (χ2n) is 5.47. The molecule has 7 heteroatoms.